The van der Waals surface area contributed by atoms with Gasteiger partial charge in [-0.3, -0.25) is 0 Å². The molecule has 1 aliphatic carbocycles. The van der Waals surface area contributed by atoms with Crippen molar-refractivity contribution in [2.45, 2.75) is 38.2 Å². The lowest BCUT2D eigenvalue weighted by atomic mass is 9.85. The molecule has 1 N–H and O–H groups in total. The highest BCUT2D eigenvalue weighted by Gasteiger charge is 2.50. The Morgan fingerprint density at radius 3 is 2.21 bits per heavy atom. The minimum Gasteiger partial charge on any atom is -0.387 e. The van der Waals surface area contributed by atoms with Gasteiger partial charge in [-0.05, 0) is 48.9 Å². The number of aliphatic hydroxyl groups is 1. The second kappa shape index (κ2) is 4.50. The zero-order valence-corrected chi connectivity index (χ0v) is 11.6. The summed E-state index contributed by atoms with van der Waals surface area (Å²) in [6, 6.07) is 16.7. The van der Waals surface area contributed by atoms with Gasteiger partial charge < -0.3 is 5.11 Å². The Hall–Kier alpha value is -1.60. The monoisotopic (exact) mass is 252 g/mol. The van der Waals surface area contributed by atoms with E-state index in [9.17, 15) is 5.11 Å². The maximum atomic E-state index is 10.8. The second-order valence-electron chi connectivity index (χ2n) is 5.77. The summed E-state index contributed by atoms with van der Waals surface area (Å²) in [5.74, 6) is 0. The Morgan fingerprint density at radius 2 is 1.63 bits per heavy atom. The van der Waals surface area contributed by atoms with E-state index in [0.29, 0.717) is 0 Å². The van der Waals surface area contributed by atoms with Crippen molar-refractivity contribution in [2.75, 3.05) is 0 Å². The van der Waals surface area contributed by atoms with E-state index < -0.39 is 6.10 Å². The van der Waals surface area contributed by atoms with E-state index in [4.69, 9.17) is 0 Å². The molecule has 1 saturated carbocycles. The zero-order chi connectivity index (χ0) is 13.5. The van der Waals surface area contributed by atoms with Gasteiger partial charge in [-0.1, -0.05) is 48.5 Å². The van der Waals surface area contributed by atoms with Crippen molar-refractivity contribution < 1.29 is 5.11 Å². The third kappa shape index (κ3) is 2.08. The first kappa shape index (κ1) is 12.4. The highest BCUT2D eigenvalue weighted by Crippen LogP contribution is 2.56. The third-order valence-electron chi connectivity index (χ3n) is 4.51. The van der Waals surface area contributed by atoms with Crippen LogP contribution in [0.4, 0.5) is 0 Å². The Kier molecular flexibility index (Phi) is 2.94. The van der Waals surface area contributed by atoms with Gasteiger partial charge >= 0.3 is 0 Å². The summed E-state index contributed by atoms with van der Waals surface area (Å²) in [7, 11) is 0. The van der Waals surface area contributed by atoms with Gasteiger partial charge in [-0.15, -0.1) is 0 Å². The van der Waals surface area contributed by atoms with Crippen LogP contribution < -0.4 is 0 Å². The molecular formula is C18H20O. The van der Waals surface area contributed by atoms with Gasteiger partial charge in [0.15, 0.2) is 0 Å². The van der Waals surface area contributed by atoms with Gasteiger partial charge in [0, 0.05) is 5.41 Å². The van der Waals surface area contributed by atoms with E-state index in [1.165, 1.54) is 16.7 Å². The van der Waals surface area contributed by atoms with Crippen LogP contribution in [0.5, 0.6) is 0 Å². The van der Waals surface area contributed by atoms with Crippen molar-refractivity contribution in [3.05, 3.63) is 70.8 Å². The van der Waals surface area contributed by atoms with E-state index in [-0.39, 0.29) is 5.41 Å². The molecule has 0 aromatic heterocycles. The summed E-state index contributed by atoms with van der Waals surface area (Å²) < 4.78 is 0. The molecule has 98 valence electrons. The average Bonchev–Trinajstić information content (AvgIpc) is 3.24. The maximum Gasteiger partial charge on any atom is 0.0886 e. The fourth-order valence-corrected chi connectivity index (χ4v) is 2.88. The molecule has 0 spiro atoms. The van der Waals surface area contributed by atoms with Crippen LogP contribution in [0.3, 0.4) is 0 Å². The molecule has 3 rings (SSSR count). The molecule has 0 aliphatic heterocycles. The quantitative estimate of drug-likeness (QED) is 0.873. The van der Waals surface area contributed by atoms with Crippen LogP contribution in [0, 0.1) is 13.8 Å². The van der Waals surface area contributed by atoms with E-state index in [1.807, 2.05) is 6.07 Å². The van der Waals surface area contributed by atoms with Crippen LogP contribution in [0.2, 0.25) is 0 Å². The molecular weight excluding hydrogens is 232 g/mol. The maximum absolute atomic E-state index is 10.8. The normalized spacial score (nSPS) is 18.1. The van der Waals surface area contributed by atoms with Crippen LogP contribution >= 0.6 is 0 Å². The minimum atomic E-state index is -0.394. The van der Waals surface area contributed by atoms with Gasteiger partial charge in [-0.2, -0.15) is 0 Å². The lowest BCUT2D eigenvalue weighted by molar-refractivity contribution is 0.133. The van der Waals surface area contributed by atoms with Gasteiger partial charge in [0.25, 0.3) is 0 Å². The minimum absolute atomic E-state index is 0.0526. The number of aryl methyl sites for hydroxylation is 2. The Morgan fingerprint density at radius 1 is 0.947 bits per heavy atom. The summed E-state index contributed by atoms with van der Waals surface area (Å²) in [5.41, 5.74) is 4.79. The SMILES string of the molecule is Cc1ccc(C(O)C2(c3ccccc3)CC2)cc1C. The Bertz CT molecular complexity index is 582. The first-order valence-electron chi connectivity index (χ1n) is 6.94. The number of hydrogen-bond donors (Lipinski definition) is 1. The third-order valence-corrected chi connectivity index (χ3v) is 4.51. The average molecular weight is 252 g/mol. The Balaban J connectivity index is 1.96. The molecule has 0 heterocycles. The summed E-state index contributed by atoms with van der Waals surface area (Å²) in [4.78, 5) is 0. The van der Waals surface area contributed by atoms with Crippen molar-refractivity contribution in [3.8, 4) is 0 Å². The van der Waals surface area contributed by atoms with Gasteiger partial charge in [0.2, 0.25) is 0 Å². The lowest BCUT2D eigenvalue weighted by Crippen LogP contribution is -2.18. The molecule has 1 atom stereocenters. The second-order valence-corrected chi connectivity index (χ2v) is 5.77. The molecule has 2 aromatic rings. The van der Waals surface area contributed by atoms with Crippen LogP contribution in [0.15, 0.2) is 48.5 Å². The zero-order valence-electron chi connectivity index (χ0n) is 11.6. The van der Waals surface area contributed by atoms with E-state index >= 15 is 0 Å². The Labute approximate surface area is 114 Å². The lowest BCUT2D eigenvalue weighted by Gasteiger charge is -2.24. The highest BCUT2D eigenvalue weighted by atomic mass is 16.3. The van der Waals surface area contributed by atoms with E-state index in [0.717, 1.165) is 18.4 Å². The van der Waals surface area contributed by atoms with Gasteiger partial charge in [0.05, 0.1) is 6.10 Å². The fourth-order valence-electron chi connectivity index (χ4n) is 2.88. The van der Waals surface area contributed by atoms with Crippen molar-refractivity contribution >= 4 is 0 Å². The largest absolute Gasteiger partial charge is 0.387 e. The molecule has 0 bridgehead atoms. The molecule has 1 nitrogen and oxygen atoms in total. The molecule has 1 unspecified atom stereocenters. The summed E-state index contributed by atoms with van der Waals surface area (Å²) >= 11 is 0. The fraction of sp³-hybridized carbons (Fsp3) is 0.333. The number of hydrogen-bond acceptors (Lipinski definition) is 1. The van der Waals surface area contributed by atoms with Crippen molar-refractivity contribution in [1.82, 2.24) is 0 Å². The molecule has 1 heteroatoms. The number of rotatable bonds is 3. The van der Waals surface area contributed by atoms with E-state index in [1.54, 1.807) is 0 Å². The predicted molar refractivity (Wildman–Crippen MR) is 78.2 cm³/mol. The predicted octanol–water partition coefficient (Wildman–Crippen LogP) is 4.07. The number of aliphatic hydroxyl groups excluding tert-OH is 1. The molecule has 0 saturated heterocycles. The van der Waals surface area contributed by atoms with Crippen LogP contribution in [-0.4, -0.2) is 5.11 Å². The van der Waals surface area contributed by atoms with E-state index in [2.05, 4.69) is 56.3 Å². The summed E-state index contributed by atoms with van der Waals surface area (Å²) in [6.07, 6.45) is 1.75. The highest BCUT2D eigenvalue weighted by molar-refractivity contribution is 5.39. The first-order chi connectivity index (χ1) is 9.13. The molecule has 2 aromatic carbocycles. The first-order valence-corrected chi connectivity index (χ1v) is 6.94. The summed E-state index contributed by atoms with van der Waals surface area (Å²) in [5, 5.41) is 10.8. The number of benzene rings is 2. The van der Waals surface area contributed by atoms with Crippen molar-refractivity contribution in [3.63, 3.8) is 0 Å². The van der Waals surface area contributed by atoms with Gasteiger partial charge in [0.1, 0.15) is 0 Å². The summed E-state index contributed by atoms with van der Waals surface area (Å²) in [6.45, 7) is 4.21. The van der Waals surface area contributed by atoms with Gasteiger partial charge in [-0.25, -0.2) is 0 Å². The molecule has 19 heavy (non-hydrogen) atoms. The van der Waals surface area contributed by atoms with Crippen LogP contribution in [0.1, 0.15) is 41.2 Å². The molecule has 1 aliphatic rings. The molecule has 1 fully saturated rings. The molecule has 0 amide bonds. The van der Waals surface area contributed by atoms with Crippen LogP contribution in [-0.2, 0) is 5.41 Å². The van der Waals surface area contributed by atoms with Crippen molar-refractivity contribution in [1.29, 1.82) is 0 Å². The topological polar surface area (TPSA) is 20.2 Å². The standard InChI is InChI=1S/C18H20O/c1-13-8-9-15(12-14(13)2)17(19)18(10-11-18)16-6-4-3-5-7-16/h3-9,12,17,19H,10-11H2,1-2H3. The smallest absolute Gasteiger partial charge is 0.0886 e. The van der Waals surface area contributed by atoms with Crippen molar-refractivity contribution in [2.24, 2.45) is 0 Å². The molecule has 0 radical (unpaired) electrons. The van der Waals surface area contributed by atoms with Crippen LogP contribution in [0.25, 0.3) is 0 Å².